The summed E-state index contributed by atoms with van der Waals surface area (Å²) in [5, 5.41) is 5.74. The Kier molecular flexibility index (Phi) is 4.74. The van der Waals surface area contributed by atoms with Crippen molar-refractivity contribution >= 4 is 6.03 Å². The van der Waals surface area contributed by atoms with E-state index in [1.54, 1.807) is 12.1 Å². The van der Waals surface area contributed by atoms with Gasteiger partial charge in [0.15, 0.2) is 0 Å². The molecule has 0 bridgehead atoms. The Labute approximate surface area is 112 Å². The first kappa shape index (κ1) is 13.8. The van der Waals surface area contributed by atoms with Gasteiger partial charge in [0, 0.05) is 12.6 Å². The Morgan fingerprint density at radius 3 is 2.84 bits per heavy atom. The van der Waals surface area contributed by atoms with E-state index in [0.717, 1.165) is 12.0 Å². The topological polar surface area (TPSA) is 50.4 Å². The summed E-state index contributed by atoms with van der Waals surface area (Å²) in [6, 6.07) is 6.25. The summed E-state index contributed by atoms with van der Waals surface area (Å²) >= 11 is 0. The monoisotopic (exact) mass is 266 g/mol. The van der Waals surface area contributed by atoms with Crippen LogP contribution in [0.4, 0.5) is 9.18 Å². The molecule has 0 aliphatic carbocycles. The maximum atomic E-state index is 12.8. The van der Waals surface area contributed by atoms with Crippen LogP contribution in [0.3, 0.4) is 0 Å². The van der Waals surface area contributed by atoms with Gasteiger partial charge < -0.3 is 15.4 Å². The Morgan fingerprint density at radius 1 is 1.47 bits per heavy atom. The van der Waals surface area contributed by atoms with Crippen LogP contribution in [0.15, 0.2) is 24.3 Å². The lowest BCUT2D eigenvalue weighted by Crippen LogP contribution is -2.46. The molecule has 19 heavy (non-hydrogen) atoms. The van der Waals surface area contributed by atoms with E-state index in [0.29, 0.717) is 19.6 Å². The number of hydrogen-bond donors (Lipinski definition) is 2. The molecule has 1 aliphatic rings. The second-order valence-electron chi connectivity index (χ2n) is 4.91. The van der Waals surface area contributed by atoms with Crippen molar-refractivity contribution in [3.05, 3.63) is 35.6 Å². The minimum Gasteiger partial charge on any atom is -0.379 e. The first-order chi connectivity index (χ1) is 9.13. The van der Waals surface area contributed by atoms with Crippen LogP contribution in [0, 0.1) is 5.82 Å². The molecule has 2 atom stereocenters. The van der Waals surface area contributed by atoms with E-state index in [9.17, 15) is 9.18 Å². The molecule has 1 aliphatic heterocycles. The number of carbonyl (C=O) groups is 1. The Morgan fingerprint density at radius 2 is 2.21 bits per heavy atom. The van der Waals surface area contributed by atoms with Crippen LogP contribution < -0.4 is 10.6 Å². The van der Waals surface area contributed by atoms with Gasteiger partial charge in [-0.15, -0.1) is 0 Å². The van der Waals surface area contributed by atoms with E-state index < -0.39 is 0 Å². The van der Waals surface area contributed by atoms with Gasteiger partial charge in [0.05, 0.1) is 12.6 Å². The number of nitrogens with one attached hydrogen (secondary N) is 2. The van der Waals surface area contributed by atoms with Gasteiger partial charge in [-0.3, -0.25) is 0 Å². The summed E-state index contributed by atoms with van der Waals surface area (Å²) in [6.45, 7) is 3.21. The van der Waals surface area contributed by atoms with Crippen LogP contribution in [-0.4, -0.2) is 31.3 Å². The third-order valence-corrected chi connectivity index (χ3v) is 3.10. The quantitative estimate of drug-likeness (QED) is 0.873. The zero-order chi connectivity index (χ0) is 13.7. The van der Waals surface area contributed by atoms with Gasteiger partial charge in [0.25, 0.3) is 0 Å². The lowest BCUT2D eigenvalue weighted by molar-refractivity contribution is 0.188. The molecule has 1 fully saturated rings. The molecule has 1 aromatic carbocycles. The molecule has 1 aromatic rings. The van der Waals surface area contributed by atoms with E-state index >= 15 is 0 Å². The average molecular weight is 266 g/mol. The van der Waals surface area contributed by atoms with Crippen LogP contribution in [0.25, 0.3) is 0 Å². The number of hydrogen-bond acceptors (Lipinski definition) is 2. The molecule has 2 amide bonds. The van der Waals surface area contributed by atoms with Crippen molar-refractivity contribution in [1.82, 2.24) is 10.6 Å². The van der Waals surface area contributed by atoms with Crippen molar-refractivity contribution in [1.29, 1.82) is 0 Å². The molecular formula is C14H19FN2O2. The molecule has 0 aromatic heterocycles. The van der Waals surface area contributed by atoms with Gasteiger partial charge in [-0.1, -0.05) is 12.1 Å². The van der Waals surface area contributed by atoms with Crippen LogP contribution in [0.5, 0.6) is 0 Å². The number of amides is 2. The first-order valence-corrected chi connectivity index (χ1v) is 6.52. The fraction of sp³-hybridized carbons (Fsp3) is 0.500. The standard InChI is InChI=1S/C14H19FN2O2/c1-10(8-11-2-4-12(15)5-3-11)16-14(18)17-13-6-7-19-9-13/h2-5,10,13H,6-9H2,1H3,(H2,16,17,18). The molecule has 2 rings (SSSR count). The van der Waals surface area contributed by atoms with Crippen LogP contribution in [0.2, 0.25) is 0 Å². The Hall–Kier alpha value is -1.62. The van der Waals surface area contributed by atoms with Crippen molar-refractivity contribution < 1.29 is 13.9 Å². The molecule has 0 saturated carbocycles. The maximum absolute atomic E-state index is 12.8. The van der Waals surface area contributed by atoms with Crippen LogP contribution in [0.1, 0.15) is 18.9 Å². The highest BCUT2D eigenvalue weighted by Gasteiger charge is 2.18. The predicted octanol–water partition coefficient (Wildman–Crippen LogP) is 1.84. The third kappa shape index (κ3) is 4.52. The summed E-state index contributed by atoms with van der Waals surface area (Å²) < 4.78 is 18.0. The molecule has 2 unspecified atom stereocenters. The molecule has 0 spiro atoms. The average Bonchev–Trinajstić information content (AvgIpc) is 2.84. The van der Waals surface area contributed by atoms with Gasteiger partial charge in [-0.25, -0.2) is 9.18 Å². The number of rotatable bonds is 4. The largest absolute Gasteiger partial charge is 0.379 e. The molecule has 104 valence electrons. The number of benzene rings is 1. The van der Waals surface area contributed by atoms with E-state index in [-0.39, 0.29) is 23.9 Å². The first-order valence-electron chi connectivity index (χ1n) is 6.52. The summed E-state index contributed by atoms with van der Waals surface area (Å²) in [5.74, 6) is -0.247. The third-order valence-electron chi connectivity index (χ3n) is 3.10. The zero-order valence-electron chi connectivity index (χ0n) is 11.0. The highest BCUT2D eigenvalue weighted by molar-refractivity contribution is 5.74. The smallest absolute Gasteiger partial charge is 0.315 e. The van der Waals surface area contributed by atoms with Crippen molar-refractivity contribution in [2.24, 2.45) is 0 Å². The highest BCUT2D eigenvalue weighted by Crippen LogP contribution is 2.06. The van der Waals surface area contributed by atoms with Gasteiger partial charge in [-0.2, -0.15) is 0 Å². The minimum absolute atomic E-state index is 0.00668. The number of halogens is 1. The minimum atomic E-state index is -0.247. The van der Waals surface area contributed by atoms with Crippen molar-refractivity contribution in [3.63, 3.8) is 0 Å². The molecular weight excluding hydrogens is 247 g/mol. The molecule has 5 heteroatoms. The van der Waals surface area contributed by atoms with E-state index in [2.05, 4.69) is 10.6 Å². The number of ether oxygens (including phenoxy) is 1. The Bertz CT molecular complexity index is 416. The Balaban J connectivity index is 1.75. The lowest BCUT2D eigenvalue weighted by atomic mass is 10.1. The zero-order valence-corrected chi connectivity index (χ0v) is 11.0. The fourth-order valence-corrected chi connectivity index (χ4v) is 2.12. The summed E-state index contributed by atoms with van der Waals surface area (Å²) in [7, 11) is 0. The van der Waals surface area contributed by atoms with E-state index in [1.165, 1.54) is 12.1 Å². The van der Waals surface area contributed by atoms with Gasteiger partial charge in [-0.05, 0) is 37.5 Å². The maximum Gasteiger partial charge on any atom is 0.315 e. The second-order valence-corrected chi connectivity index (χ2v) is 4.91. The van der Waals surface area contributed by atoms with E-state index in [1.807, 2.05) is 6.92 Å². The molecule has 4 nitrogen and oxygen atoms in total. The normalized spacial score (nSPS) is 20.0. The SMILES string of the molecule is CC(Cc1ccc(F)cc1)NC(=O)NC1CCOC1. The highest BCUT2D eigenvalue weighted by atomic mass is 19.1. The number of urea groups is 1. The lowest BCUT2D eigenvalue weighted by Gasteiger charge is -2.17. The van der Waals surface area contributed by atoms with Gasteiger partial charge in [0.1, 0.15) is 5.82 Å². The summed E-state index contributed by atoms with van der Waals surface area (Å²) in [6.07, 6.45) is 1.54. The molecule has 0 radical (unpaired) electrons. The van der Waals surface area contributed by atoms with Crippen LogP contribution in [-0.2, 0) is 11.2 Å². The van der Waals surface area contributed by atoms with Crippen molar-refractivity contribution in [3.8, 4) is 0 Å². The van der Waals surface area contributed by atoms with Gasteiger partial charge >= 0.3 is 6.03 Å². The predicted molar refractivity (Wildman–Crippen MR) is 70.5 cm³/mol. The van der Waals surface area contributed by atoms with Crippen LogP contribution >= 0.6 is 0 Å². The van der Waals surface area contributed by atoms with Crippen molar-refractivity contribution in [2.75, 3.05) is 13.2 Å². The van der Waals surface area contributed by atoms with E-state index in [4.69, 9.17) is 4.74 Å². The summed E-state index contributed by atoms with van der Waals surface area (Å²) in [5.41, 5.74) is 0.999. The number of carbonyl (C=O) groups excluding carboxylic acids is 1. The molecule has 1 heterocycles. The molecule has 1 saturated heterocycles. The van der Waals surface area contributed by atoms with Gasteiger partial charge in [0.2, 0.25) is 0 Å². The van der Waals surface area contributed by atoms with Crippen molar-refractivity contribution in [2.45, 2.75) is 31.8 Å². The fourth-order valence-electron chi connectivity index (χ4n) is 2.12. The summed E-state index contributed by atoms with van der Waals surface area (Å²) in [4.78, 5) is 11.7. The second kappa shape index (κ2) is 6.52. The molecule has 2 N–H and O–H groups in total.